The average Bonchev–Trinajstić information content (AvgIpc) is 3.28. The third-order valence-electron chi connectivity index (χ3n) is 5.95. The molecule has 3 rings (SSSR count). The van der Waals surface area contributed by atoms with Crippen molar-refractivity contribution in [2.75, 3.05) is 41.0 Å². The van der Waals surface area contributed by atoms with E-state index in [4.69, 9.17) is 14.2 Å². The van der Waals surface area contributed by atoms with Gasteiger partial charge in [0.2, 0.25) is 5.91 Å². The van der Waals surface area contributed by atoms with E-state index >= 15 is 0 Å². The van der Waals surface area contributed by atoms with Crippen molar-refractivity contribution in [1.82, 2.24) is 10.2 Å². The van der Waals surface area contributed by atoms with Gasteiger partial charge < -0.3 is 24.4 Å². The highest BCUT2D eigenvalue weighted by Gasteiger charge is 2.41. The third-order valence-corrected chi connectivity index (χ3v) is 5.95. The summed E-state index contributed by atoms with van der Waals surface area (Å²) < 4.78 is 16.2. The number of unbranched alkanes of at least 4 members (excludes halogenated alkanes) is 1. The van der Waals surface area contributed by atoms with Gasteiger partial charge >= 0.3 is 0 Å². The maximum atomic E-state index is 13.2. The maximum Gasteiger partial charge on any atom is 0.253 e. The number of ether oxygens (including phenoxy) is 3. The molecule has 1 aliphatic heterocycles. The number of hydrogen-bond acceptors (Lipinski definition) is 5. The van der Waals surface area contributed by atoms with E-state index in [9.17, 15) is 9.59 Å². The van der Waals surface area contributed by atoms with Crippen LogP contribution in [0.4, 0.5) is 0 Å². The molecule has 1 saturated heterocycles. The molecule has 0 aliphatic carbocycles. The molecular formula is C25H32N2O5. The molecule has 2 aromatic carbocycles. The predicted octanol–water partition coefficient (Wildman–Crippen LogP) is 3.48. The minimum Gasteiger partial charge on any atom is -0.497 e. The lowest BCUT2D eigenvalue weighted by atomic mass is 9.87. The summed E-state index contributed by atoms with van der Waals surface area (Å²) in [5.74, 6) is 1.32. The van der Waals surface area contributed by atoms with Crippen LogP contribution in [0.15, 0.2) is 42.5 Å². The van der Waals surface area contributed by atoms with Crippen LogP contribution in [0, 0.1) is 5.92 Å². The lowest BCUT2D eigenvalue weighted by Crippen LogP contribution is -2.36. The van der Waals surface area contributed by atoms with Crippen LogP contribution >= 0.6 is 0 Å². The molecule has 2 amide bonds. The molecule has 1 N–H and O–H groups in total. The van der Waals surface area contributed by atoms with Gasteiger partial charge in [-0.3, -0.25) is 9.59 Å². The average molecular weight is 441 g/mol. The van der Waals surface area contributed by atoms with Gasteiger partial charge in [-0.1, -0.05) is 13.3 Å². The zero-order valence-electron chi connectivity index (χ0n) is 19.2. The normalized spacial score (nSPS) is 17.7. The predicted molar refractivity (Wildman–Crippen MR) is 123 cm³/mol. The number of nitrogens with one attached hydrogen (secondary N) is 1. The first-order chi connectivity index (χ1) is 15.5. The van der Waals surface area contributed by atoms with Crippen LogP contribution in [0.25, 0.3) is 0 Å². The summed E-state index contributed by atoms with van der Waals surface area (Å²) in [6, 6.07) is 12.6. The smallest absolute Gasteiger partial charge is 0.253 e. The zero-order valence-corrected chi connectivity index (χ0v) is 19.2. The first-order valence-electron chi connectivity index (χ1n) is 10.9. The second-order valence-electron chi connectivity index (χ2n) is 7.90. The molecule has 2 aromatic rings. The molecule has 2 atom stereocenters. The van der Waals surface area contributed by atoms with Crippen molar-refractivity contribution in [3.8, 4) is 17.2 Å². The number of benzene rings is 2. The zero-order chi connectivity index (χ0) is 23.1. The second-order valence-corrected chi connectivity index (χ2v) is 7.90. The number of hydrogen-bond donors (Lipinski definition) is 1. The molecule has 0 radical (unpaired) electrons. The standard InChI is InChI=1S/C25H32N2O5/c1-5-6-13-26-24(28)22-16-27(25(29)17-7-9-18(30-2)10-8-17)15-21(22)20-14-19(31-3)11-12-23(20)32-4/h7-12,14,21-22H,5-6,13,15-16H2,1-4H3,(H,26,28)/t21-,22+/m1/s1. The molecule has 1 aliphatic rings. The van der Waals surface area contributed by atoms with Crippen molar-refractivity contribution in [3.05, 3.63) is 53.6 Å². The molecule has 1 heterocycles. The summed E-state index contributed by atoms with van der Waals surface area (Å²) in [6.45, 7) is 3.47. The van der Waals surface area contributed by atoms with E-state index in [-0.39, 0.29) is 23.7 Å². The third kappa shape index (κ3) is 5.15. The number of methoxy groups -OCH3 is 3. The second kappa shape index (κ2) is 10.9. The SMILES string of the molecule is CCCCNC(=O)[C@H]1CN(C(=O)c2ccc(OC)cc2)C[C@@H]1c1cc(OC)ccc1OC. The molecule has 0 unspecified atom stereocenters. The quantitative estimate of drug-likeness (QED) is 0.604. The van der Waals surface area contributed by atoms with E-state index in [1.165, 1.54) is 0 Å². The first-order valence-corrected chi connectivity index (χ1v) is 10.9. The minimum atomic E-state index is -0.380. The Hall–Kier alpha value is -3.22. The summed E-state index contributed by atoms with van der Waals surface area (Å²) in [4.78, 5) is 28.1. The monoisotopic (exact) mass is 440 g/mol. The molecule has 32 heavy (non-hydrogen) atoms. The van der Waals surface area contributed by atoms with Gasteiger partial charge in [-0.05, 0) is 48.9 Å². The summed E-state index contributed by atoms with van der Waals surface area (Å²) in [5.41, 5.74) is 1.43. The largest absolute Gasteiger partial charge is 0.497 e. The van der Waals surface area contributed by atoms with Crippen molar-refractivity contribution in [1.29, 1.82) is 0 Å². The van der Waals surface area contributed by atoms with E-state index < -0.39 is 0 Å². The van der Waals surface area contributed by atoms with Crippen LogP contribution in [-0.4, -0.2) is 57.7 Å². The number of nitrogens with zero attached hydrogens (tertiary/aromatic N) is 1. The summed E-state index contributed by atoms with van der Waals surface area (Å²) in [5, 5.41) is 3.04. The molecular weight excluding hydrogens is 408 g/mol. The Morgan fingerprint density at radius 1 is 0.969 bits per heavy atom. The van der Waals surface area contributed by atoms with E-state index in [2.05, 4.69) is 12.2 Å². The topological polar surface area (TPSA) is 77.1 Å². The van der Waals surface area contributed by atoms with Crippen molar-refractivity contribution in [2.45, 2.75) is 25.7 Å². The van der Waals surface area contributed by atoms with Crippen molar-refractivity contribution < 1.29 is 23.8 Å². The first kappa shape index (κ1) is 23.4. The molecule has 1 fully saturated rings. The van der Waals surface area contributed by atoms with E-state index in [0.29, 0.717) is 42.4 Å². The molecule has 172 valence electrons. The van der Waals surface area contributed by atoms with Gasteiger partial charge in [-0.25, -0.2) is 0 Å². The highest BCUT2D eigenvalue weighted by molar-refractivity contribution is 5.95. The van der Waals surface area contributed by atoms with Crippen molar-refractivity contribution in [2.24, 2.45) is 5.92 Å². The van der Waals surface area contributed by atoms with Crippen LogP contribution in [0.3, 0.4) is 0 Å². The lowest BCUT2D eigenvalue weighted by Gasteiger charge is -2.21. The maximum absolute atomic E-state index is 13.2. The van der Waals surface area contributed by atoms with Crippen LogP contribution in [0.5, 0.6) is 17.2 Å². The van der Waals surface area contributed by atoms with Gasteiger partial charge in [0, 0.05) is 36.7 Å². The van der Waals surface area contributed by atoms with Gasteiger partial charge in [0.1, 0.15) is 17.2 Å². The van der Waals surface area contributed by atoms with Gasteiger partial charge in [-0.15, -0.1) is 0 Å². The van der Waals surface area contributed by atoms with Gasteiger partial charge in [-0.2, -0.15) is 0 Å². The molecule has 7 heteroatoms. The van der Waals surface area contributed by atoms with Crippen LogP contribution in [0.1, 0.15) is 41.6 Å². The molecule has 7 nitrogen and oxygen atoms in total. The fourth-order valence-corrected chi connectivity index (χ4v) is 4.12. The number of likely N-dealkylation sites (tertiary alicyclic amines) is 1. The Morgan fingerprint density at radius 3 is 2.28 bits per heavy atom. The van der Waals surface area contributed by atoms with E-state index in [0.717, 1.165) is 18.4 Å². The Kier molecular flexibility index (Phi) is 7.98. The minimum absolute atomic E-state index is 0.0432. The highest BCUT2D eigenvalue weighted by atomic mass is 16.5. The fraction of sp³-hybridized carbons (Fsp3) is 0.440. The van der Waals surface area contributed by atoms with E-state index in [1.807, 2.05) is 18.2 Å². The summed E-state index contributed by atoms with van der Waals surface area (Å²) >= 11 is 0. The van der Waals surface area contributed by atoms with Crippen LogP contribution in [0.2, 0.25) is 0 Å². The number of carbonyl (C=O) groups excluding carboxylic acids is 2. The molecule has 0 bridgehead atoms. The Morgan fingerprint density at radius 2 is 1.66 bits per heavy atom. The van der Waals surface area contributed by atoms with E-state index in [1.54, 1.807) is 50.5 Å². The Balaban J connectivity index is 1.90. The van der Waals surface area contributed by atoms with Gasteiger partial charge in [0.25, 0.3) is 5.91 Å². The number of carbonyl (C=O) groups is 2. The Labute approximate surface area is 189 Å². The summed E-state index contributed by atoms with van der Waals surface area (Å²) in [6.07, 6.45) is 1.92. The van der Waals surface area contributed by atoms with Crippen molar-refractivity contribution in [3.63, 3.8) is 0 Å². The molecule has 0 aromatic heterocycles. The highest BCUT2D eigenvalue weighted by Crippen LogP contribution is 2.40. The lowest BCUT2D eigenvalue weighted by molar-refractivity contribution is -0.124. The molecule has 0 saturated carbocycles. The van der Waals surface area contributed by atoms with Crippen LogP contribution < -0.4 is 19.5 Å². The van der Waals surface area contributed by atoms with Gasteiger partial charge in [0.05, 0.1) is 27.2 Å². The number of amides is 2. The fourth-order valence-electron chi connectivity index (χ4n) is 4.12. The van der Waals surface area contributed by atoms with Crippen LogP contribution in [-0.2, 0) is 4.79 Å². The summed E-state index contributed by atoms with van der Waals surface area (Å²) in [7, 11) is 4.80. The molecule has 0 spiro atoms. The van der Waals surface area contributed by atoms with Gasteiger partial charge in [0.15, 0.2) is 0 Å². The van der Waals surface area contributed by atoms with Crippen molar-refractivity contribution >= 4 is 11.8 Å². The Bertz CT molecular complexity index is 928. The number of rotatable bonds is 9.